The van der Waals surface area contributed by atoms with Crippen LogP contribution in [0.2, 0.25) is 15.1 Å². The topological polar surface area (TPSA) is 45.9 Å². The van der Waals surface area contributed by atoms with Crippen LogP contribution >= 0.6 is 34.8 Å². The lowest BCUT2D eigenvalue weighted by Gasteiger charge is -2.14. The molecule has 0 saturated heterocycles. The van der Waals surface area contributed by atoms with Crippen molar-refractivity contribution in [2.75, 3.05) is 7.11 Å². The molecule has 3 aromatic rings. The minimum absolute atomic E-state index is 0.251. The highest BCUT2D eigenvalue weighted by Gasteiger charge is 2.17. The van der Waals surface area contributed by atoms with Crippen LogP contribution in [-0.2, 0) is 0 Å². The standard InChI is InChI=1S/C19H11Cl3N2O/c1-25-19-12(10-23)8-16(15-7-6-14(21)9-17(15)22)18(24-19)11-2-4-13(20)5-3-11/h2-9H,1H3. The van der Waals surface area contributed by atoms with Gasteiger partial charge in [0.05, 0.1) is 12.8 Å². The molecule has 3 rings (SSSR count). The highest BCUT2D eigenvalue weighted by molar-refractivity contribution is 6.36. The van der Waals surface area contributed by atoms with Gasteiger partial charge in [0.1, 0.15) is 11.6 Å². The first-order valence-electron chi connectivity index (χ1n) is 7.24. The summed E-state index contributed by atoms with van der Waals surface area (Å²) < 4.78 is 5.25. The second kappa shape index (κ2) is 7.33. The number of nitriles is 1. The minimum Gasteiger partial charge on any atom is -0.480 e. The molecule has 0 unspecified atom stereocenters. The minimum atomic E-state index is 0.251. The molecule has 0 spiro atoms. The van der Waals surface area contributed by atoms with Crippen LogP contribution in [0.3, 0.4) is 0 Å². The fraction of sp³-hybridized carbons (Fsp3) is 0.0526. The summed E-state index contributed by atoms with van der Waals surface area (Å²) in [6.07, 6.45) is 0. The van der Waals surface area contributed by atoms with E-state index in [2.05, 4.69) is 11.1 Å². The van der Waals surface area contributed by atoms with Gasteiger partial charge in [0.2, 0.25) is 5.88 Å². The van der Waals surface area contributed by atoms with E-state index in [1.807, 2.05) is 12.1 Å². The molecular weight excluding hydrogens is 379 g/mol. The molecule has 0 bridgehead atoms. The van der Waals surface area contributed by atoms with Gasteiger partial charge in [-0.2, -0.15) is 5.26 Å². The van der Waals surface area contributed by atoms with Crippen LogP contribution in [-0.4, -0.2) is 12.1 Å². The number of ether oxygens (including phenoxy) is 1. The van der Waals surface area contributed by atoms with E-state index in [-0.39, 0.29) is 5.88 Å². The lowest BCUT2D eigenvalue weighted by molar-refractivity contribution is 0.397. The summed E-state index contributed by atoms with van der Waals surface area (Å²) in [7, 11) is 1.48. The Balaban J connectivity index is 2.32. The van der Waals surface area contributed by atoms with Crippen LogP contribution in [0, 0.1) is 11.3 Å². The van der Waals surface area contributed by atoms with E-state index in [9.17, 15) is 5.26 Å². The van der Waals surface area contributed by atoms with Gasteiger partial charge in [-0.3, -0.25) is 0 Å². The van der Waals surface area contributed by atoms with E-state index in [1.54, 1.807) is 36.4 Å². The Kier molecular flexibility index (Phi) is 5.15. The van der Waals surface area contributed by atoms with Crippen LogP contribution in [0.4, 0.5) is 0 Å². The van der Waals surface area contributed by atoms with Crippen molar-refractivity contribution in [3.63, 3.8) is 0 Å². The monoisotopic (exact) mass is 388 g/mol. The smallest absolute Gasteiger partial charge is 0.232 e. The maximum Gasteiger partial charge on any atom is 0.232 e. The molecule has 0 aliphatic heterocycles. The molecule has 1 aromatic heterocycles. The van der Waals surface area contributed by atoms with Crippen molar-refractivity contribution in [1.29, 1.82) is 5.26 Å². The van der Waals surface area contributed by atoms with Crippen LogP contribution in [0.15, 0.2) is 48.5 Å². The lowest BCUT2D eigenvalue weighted by atomic mass is 9.97. The molecular formula is C19H11Cl3N2O. The Morgan fingerprint density at radius 3 is 2.20 bits per heavy atom. The second-order valence-corrected chi connectivity index (χ2v) is 6.46. The van der Waals surface area contributed by atoms with Crippen molar-refractivity contribution in [2.24, 2.45) is 0 Å². The van der Waals surface area contributed by atoms with E-state index < -0.39 is 0 Å². The van der Waals surface area contributed by atoms with Gasteiger partial charge < -0.3 is 4.74 Å². The molecule has 0 N–H and O–H groups in total. The Labute approximate surface area is 160 Å². The number of hydrogen-bond donors (Lipinski definition) is 0. The summed E-state index contributed by atoms with van der Waals surface area (Å²) in [6, 6.07) is 16.3. The van der Waals surface area contributed by atoms with Crippen molar-refractivity contribution in [3.8, 4) is 34.3 Å². The normalized spacial score (nSPS) is 10.4. The van der Waals surface area contributed by atoms with Gasteiger partial charge in [0, 0.05) is 31.8 Å². The van der Waals surface area contributed by atoms with Gasteiger partial charge in [-0.1, -0.05) is 53.0 Å². The Morgan fingerprint density at radius 1 is 0.920 bits per heavy atom. The first kappa shape index (κ1) is 17.6. The summed E-state index contributed by atoms with van der Waals surface area (Å²) in [4.78, 5) is 4.52. The number of halogens is 3. The fourth-order valence-electron chi connectivity index (χ4n) is 2.47. The third-order valence-electron chi connectivity index (χ3n) is 3.64. The second-order valence-electron chi connectivity index (χ2n) is 5.18. The molecule has 0 atom stereocenters. The Morgan fingerprint density at radius 2 is 1.60 bits per heavy atom. The Bertz CT molecular complexity index is 979. The Hall–Kier alpha value is -2.25. The number of aromatic nitrogens is 1. The molecule has 3 nitrogen and oxygen atoms in total. The zero-order valence-corrected chi connectivity index (χ0v) is 15.3. The van der Waals surface area contributed by atoms with Crippen molar-refractivity contribution < 1.29 is 4.74 Å². The molecule has 25 heavy (non-hydrogen) atoms. The van der Waals surface area contributed by atoms with Crippen molar-refractivity contribution in [2.45, 2.75) is 0 Å². The number of hydrogen-bond acceptors (Lipinski definition) is 3. The van der Waals surface area contributed by atoms with Gasteiger partial charge in [0.15, 0.2) is 0 Å². The van der Waals surface area contributed by atoms with Crippen LogP contribution in [0.5, 0.6) is 5.88 Å². The van der Waals surface area contributed by atoms with Gasteiger partial charge in [-0.05, 0) is 30.3 Å². The zero-order chi connectivity index (χ0) is 18.0. The van der Waals surface area contributed by atoms with Crippen LogP contribution in [0.1, 0.15) is 5.56 Å². The number of nitrogens with zero attached hydrogens (tertiary/aromatic N) is 2. The van der Waals surface area contributed by atoms with E-state index in [0.29, 0.717) is 31.9 Å². The maximum absolute atomic E-state index is 9.39. The predicted molar refractivity (Wildman–Crippen MR) is 101 cm³/mol. The molecule has 6 heteroatoms. The molecule has 0 saturated carbocycles. The lowest BCUT2D eigenvalue weighted by Crippen LogP contribution is -1.98. The van der Waals surface area contributed by atoms with Gasteiger partial charge in [-0.25, -0.2) is 4.98 Å². The quantitative estimate of drug-likeness (QED) is 0.531. The largest absolute Gasteiger partial charge is 0.480 e. The van der Waals surface area contributed by atoms with Crippen LogP contribution in [0.25, 0.3) is 22.4 Å². The molecule has 0 fully saturated rings. The van der Waals surface area contributed by atoms with E-state index in [0.717, 1.165) is 11.1 Å². The summed E-state index contributed by atoms with van der Waals surface area (Å²) in [5.74, 6) is 0.251. The summed E-state index contributed by atoms with van der Waals surface area (Å²) in [6.45, 7) is 0. The number of rotatable bonds is 3. The first-order chi connectivity index (χ1) is 12.0. The highest BCUT2D eigenvalue weighted by atomic mass is 35.5. The molecule has 1 heterocycles. The fourth-order valence-corrected chi connectivity index (χ4v) is 3.11. The SMILES string of the molecule is COc1nc(-c2ccc(Cl)cc2)c(-c2ccc(Cl)cc2Cl)cc1C#N. The van der Waals surface area contributed by atoms with Gasteiger partial charge in [-0.15, -0.1) is 0 Å². The molecule has 124 valence electrons. The molecule has 0 aliphatic carbocycles. The van der Waals surface area contributed by atoms with Gasteiger partial charge in [0.25, 0.3) is 0 Å². The maximum atomic E-state index is 9.39. The summed E-state index contributed by atoms with van der Waals surface area (Å²) in [5.41, 5.74) is 3.22. The first-order valence-corrected chi connectivity index (χ1v) is 8.37. The van der Waals surface area contributed by atoms with E-state index >= 15 is 0 Å². The number of pyridine rings is 1. The van der Waals surface area contributed by atoms with E-state index in [4.69, 9.17) is 39.5 Å². The third kappa shape index (κ3) is 3.57. The predicted octanol–water partition coefficient (Wildman–Crippen LogP) is 6.26. The van der Waals surface area contributed by atoms with Crippen molar-refractivity contribution >= 4 is 34.8 Å². The highest BCUT2D eigenvalue weighted by Crippen LogP contribution is 2.38. The molecule has 0 aliphatic rings. The van der Waals surface area contributed by atoms with E-state index in [1.165, 1.54) is 7.11 Å². The number of benzene rings is 2. The summed E-state index contributed by atoms with van der Waals surface area (Å²) >= 11 is 18.3. The molecule has 0 amide bonds. The van der Waals surface area contributed by atoms with Crippen LogP contribution < -0.4 is 4.74 Å². The third-order valence-corrected chi connectivity index (χ3v) is 4.44. The molecule has 0 radical (unpaired) electrons. The average molecular weight is 390 g/mol. The summed E-state index contributed by atoms with van der Waals surface area (Å²) in [5, 5.41) is 11.0. The average Bonchev–Trinajstić information content (AvgIpc) is 2.61. The molecule has 2 aromatic carbocycles. The zero-order valence-electron chi connectivity index (χ0n) is 13.1. The number of methoxy groups -OCH3 is 1. The van der Waals surface area contributed by atoms with Crippen molar-refractivity contribution in [3.05, 3.63) is 69.2 Å². The van der Waals surface area contributed by atoms with Crippen molar-refractivity contribution in [1.82, 2.24) is 4.98 Å². The van der Waals surface area contributed by atoms with Gasteiger partial charge >= 0.3 is 0 Å².